The van der Waals surface area contributed by atoms with Crippen molar-refractivity contribution in [1.82, 2.24) is 15.2 Å². The standard InChI is InChI=1S/C19H16ClN5O2S/c1-2-6-22-18(27)14-8-12(3-4-15(14)20)16-9-23-19(28-16)24-17(26)13-5-7-25(10-13)11-21/h1,3-4,8-9,13H,5-7,10H2,(H,22,27)(H,23,24,26)/t13-/m0/s1. The molecule has 0 unspecified atom stereocenters. The lowest BCUT2D eigenvalue weighted by Gasteiger charge is -2.08. The highest BCUT2D eigenvalue weighted by molar-refractivity contribution is 7.19. The summed E-state index contributed by atoms with van der Waals surface area (Å²) in [7, 11) is 0. The van der Waals surface area contributed by atoms with Gasteiger partial charge in [-0.15, -0.1) is 6.42 Å². The first-order valence-corrected chi connectivity index (χ1v) is 9.64. The van der Waals surface area contributed by atoms with E-state index in [1.807, 2.05) is 0 Å². The Bertz CT molecular complexity index is 991. The number of nitriles is 1. The van der Waals surface area contributed by atoms with E-state index in [9.17, 15) is 9.59 Å². The monoisotopic (exact) mass is 413 g/mol. The first kappa shape index (κ1) is 19.7. The molecule has 0 spiro atoms. The molecule has 2 aromatic rings. The van der Waals surface area contributed by atoms with Gasteiger partial charge in [-0.1, -0.05) is 34.9 Å². The van der Waals surface area contributed by atoms with Crippen molar-refractivity contribution in [2.75, 3.05) is 25.0 Å². The first-order valence-electron chi connectivity index (χ1n) is 8.44. The first-order chi connectivity index (χ1) is 13.5. The number of nitrogens with one attached hydrogen (secondary N) is 2. The largest absolute Gasteiger partial charge is 0.341 e. The van der Waals surface area contributed by atoms with Crippen molar-refractivity contribution < 1.29 is 9.59 Å². The number of nitrogens with zero attached hydrogens (tertiary/aromatic N) is 3. The maximum Gasteiger partial charge on any atom is 0.253 e. The van der Waals surface area contributed by atoms with Crippen LogP contribution in [0.25, 0.3) is 10.4 Å². The highest BCUT2D eigenvalue weighted by Crippen LogP contribution is 2.32. The summed E-state index contributed by atoms with van der Waals surface area (Å²) in [4.78, 5) is 31.1. The normalized spacial score (nSPS) is 15.5. The predicted octanol–water partition coefficient (Wildman–Crippen LogP) is 2.57. The van der Waals surface area contributed by atoms with Gasteiger partial charge in [0.25, 0.3) is 5.91 Å². The van der Waals surface area contributed by atoms with Gasteiger partial charge in [-0.25, -0.2) is 4.98 Å². The zero-order valence-electron chi connectivity index (χ0n) is 14.7. The molecule has 28 heavy (non-hydrogen) atoms. The van der Waals surface area contributed by atoms with Crippen molar-refractivity contribution in [3.8, 4) is 29.0 Å². The number of benzene rings is 1. The molecule has 0 bridgehead atoms. The second-order valence-electron chi connectivity index (χ2n) is 6.13. The van der Waals surface area contributed by atoms with Gasteiger partial charge in [0.1, 0.15) is 0 Å². The molecule has 1 aliphatic rings. The van der Waals surface area contributed by atoms with E-state index in [0.717, 1.165) is 10.4 Å². The molecule has 1 aliphatic heterocycles. The number of carbonyl (C=O) groups excluding carboxylic acids is 2. The Morgan fingerprint density at radius 2 is 2.29 bits per heavy atom. The van der Waals surface area contributed by atoms with E-state index in [1.54, 1.807) is 29.3 Å². The number of rotatable bonds is 5. The van der Waals surface area contributed by atoms with Crippen LogP contribution in [0.4, 0.5) is 5.13 Å². The lowest BCUT2D eigenvalue weighted by Crippen LogP contribution is -2.25. The van der Waals surface area contributed by atoms with Crippen LogP contribution in [0.2, 0.25) is 5.02 Å². The van der Waals surface area contributed by atoms with Crippen molar-refractivity contribution in [3.63, 3.8) is 0 Å². The van der Waals surface area contributed by atoms with Crippen LogP contribution in [0, 0.1) is 29.7 Å². The minimum Gasteiger partial charge on any atom is -0.341 e. The third-order valence-electron chi connectivity index (χ3n) is 4.28. The maximum atomic E-state index is 12.3. The Labute approximate surface area is 171 Å². The smallest absolute Gasteiger partial charge is 0.253 e. The van der Waals surface area contributed by atoms with E-state index in [1.165, 1.54) is 11.3 Å². The number of hydrogen-bond acceptors (Lipinski definition) is 6. The molecule has 2 heterocycles. The fourth-order valence-corrected chi connectivity index (χ4v) is 3.84. The Balaban J connectivity index is 1.72. The highest BCUT2D eigenvalue weighted by Gasteiger charge is 2.28. The number of thiazole rings is 1. The van der Waals surface area contributed by atoms with Crippen LogP contribution in [0.15, 0.2) is 24.4 Å². The van der Waals surface area contributed by atoms with E-state index in [2.05, 4.69) is 27.7 Å². The zero-order valence-corrected chi connectivity index (χ0v) is 16.3. The molecule has 1 aromatic heterocycles. The molecule has 1 atom stereocenters. The summed E-state index contributed by atoms with van der Waals surface area (Å²) >= 11 is 7.41. The van der Waals surface area contributed by atoms with Crippen LogP contribution < -0.4 is 10.6 Å². The second-order valence-corrected chi connectivity index (χ2v) is 7.57. The molecule has 3 rings (SSSR count). The Kier molecular flexibility index (Phi) is 6.15. The quantitative estimate of drug-likeness (QED) is 0.580. The number of halogens is 1. The van der Waals surface area contributed by atoms with Gasteiger partial charge in [0.2, 0.25) is 5.91 Å². The van der Waals surface area contributed by atoms with E-state index in [-0.39, 0.29) is 24.3 Å². The molecular formula is C19H16ClN5O2S. The summed E-state index contributed by atoms with van der Waals surface area (Å²) < 4.78 is 0. The van der Waals surface area contributed by atoms with Crippen molar-refractivity contribution in [1.29, 1.82) is 5.26 Å². The van der Waals surface area contributed by atoms with Gasteiger partial charge in [0.05, 0.1) is 27.9 Å². The van der Waals surface area contributed by atoms with E-state index in [0.29, 0.717) is 35.2 Å². The van der Waals surface area contributed by atoms with Gasteiger partial charge in [0.15, 0.2) is 11.3 Å². The molecule has 0 aliphatic carbocycles. The summed E-state index contributed by atoms with van der Waals surface area (Å²) in [5, 5.41) is 15.1. The minimum atomic E-state index is -0.355. The number of hydrogen-bond donors (Lipinski definition) is 2. The average Bonchev–Trinajstić information content (AvgIpc) is 3.36. The van der Waals surface area contributed by atoms with Crippen molar-refractivity contribution >= 4 is 39.9 Å². The molecule has 1 aromatic carbocycles. The summed E-state index contributed by atoms with van der Waals surface area (Å²) in [6.07, 6.45) is 9.49. The number of carbonyl (C=O) groups is 2. The fourth-order valence-electron chi connectivity index (χ4n) is 2.82. The van der Waals surface area contributed by atoms with Gasteiger partial charge in [0, 0.05) is 19.3 Å². The van der Waals surface area contributed by atoms with Crippen LogP contribution in [0.3, 0.4) is 0 Å². The number of aromatic nitrogens is 1. The van der Waals surface area contributed by atoms with Crippen LogP contribution >= 0.6 is 22.9 Å². The van der Waals surface area contributed by atoms with Crippen molar-refractivity contribution in [2.24, 2.45) is 5.92 Å². The lowest BCUT2D eigenvalue weighted by atomic mass is 10.1. The van der Waals surface area contributed by atoms with E-state index >= 15 is 0 Å². The molecule has 7 nitrogen and oxygen atoms in total. The molecule has 2 N–H and O–H groups in total. The van der Waals surface area contributed by atoms with Crippen LogP contribution in [-0.2, 0) is 4.79 Å². The number of terminal acetylenes is 1. The van der Waals surface area contributed by atoms with Gasteiger partial charge >= 0.3 is 0 Å². The van der Waals surface area contributed by atoms with E-state index < -0.39 is 0 Å². The molecule has 1 saturated heterocycles. The van der Waals surface area contributed by atoms with Gasteiger partial charge in [-0.05, 0) is 24.1 Å². The summed E-state index contributed by atoms with van der Waals surface area (Å²) in [5.41, 5.74) is 1.07. The molecule has 9 heteroatoms. The number of amides is 2. The van der Waals surface area contributed by atoms with Crippen LogP contribution in [-0.4, -0.2) is 41.3 Å². The van der Waals surface area contributed by atoms with Gasteiger partial charge in [-0.3, -0.25) is 9.59 Å². The fraction of sp³-hybridized carbons (Fsp3) is 0.263. The summed E-state index contributed by atoms with van der Waals surface area (Å²) in [5.74, 6) is 1.61. The second kappa shape index (κ2) is 8.75. The van der Waals surface area contributed by atoms with Crippen LogP contribution in [0.1, 0.15) is 16.8 Å². The van der Waals surface area contributed by atoms with Crippen LogP contribution in [0.5, 0.6) is 0 Å². The predicted molar refractivity (Wildman–Crippen MR) is 108 cm³/mol. The summed E-state index contributed by atoms with van der Waals surface area (Å²) in [6, 6.07) is 5.07. The summed E-state index contributed by atoms with van der Waals surface area (Å²) in [6.45, 7) is 1.13. The maximum absolute atomic E-state index is 12.3. The topological polar surface area (TPSA) is 98.1 Å². The van der Waals surface area contributed by atoms with Crippen molar-refractivity contribution in [3.05, 3.63) is 35.0 Å². The molecule has 142 valence electrons. The van der Waals surface area contributed by atoms with Gasteiger partial charge < -0.3 is 15.5 Å². The zero-order chi connectivity index (χ0) is 20.1. The minimum absolute atomic E-state index is 0.112. The molecule has 0 saturated carbocycles. The molecule has 2 amide bonds. The third kappa shape index (κ3) is 4.42. The SMILES string of the molecule is C#CCNC(=O)c1cc(-c2cnc(NC(=O)[C@H]3CCN(C#N)C3)s2)ccc1Cl. The van der Waals surface area contributed by atoms with Gasteiger partial charge in [-0.2, -0.15) is 5.26 Å². The third-order valence-corrected chi connectivity index (χ3v) is 5.57. The van der Waals surface area contributed by atoms with Crippen molar-refractivity contribution in [2.45, 2.75) is 6.42 Å². The molecule has 0 radical (unpaired) electrons. The average molecular weight is 414 g/mol. The highest BCUT2D eigenvalue weighted by atomic mass is 35.5. The Morgan fingerprint density at radius 1 is 1.46 bits per heavy atom. The molecular weight excluding hydrogens is 398 g/mol. The lowest BCUT2D eigenvalue weighted by molar-refractivity contribution is -0.119. The molecule has 1 fully saturated rings. The number of likely N-dealkylation sites (tertiary alicyclic amines) is 1. The Hall–Kier alpha value is -3.07. The Morgan fingerprint density at radius 3 is 3.00 bits per heavy atom. The number of anilines is 1. The van der Waals surface area contributed by atoms with E-state index in [4.69, 9.17) is 23.3 Å².